The fourth-order valence-electron chi connectivity index (χ4n) is 2.78. The lowest BCUT2D eigenvalue weighted by Gasteiger charge is -2.30. The number of hydrogen-bond donors (Lipinski definition) is 2. The fourth-order valence-corrected chi connectivity index (χ4v) is 2.90. The van der Waals surface area contributed by atoms with Crippen LogP contribution in [0.25, 0.3) is 0 Å². The molecule has 2 aromatic carbocycles. The van der Waals surface area contributed by atoms with Gasteiger partial charge in [0.25, 0.3) is 5.91 Å². The summed E-state index contributed by atoms with van der Waals surface area (Å²) in [6, 6.07) is 14.7. The van der Waals surface area contributed by atoms with Crippen molar-refractivity contribution in [3.63, 3.8) is 0 Å². The molecule has 0 spiro atoms. The standard InChI is InChI=1S/C21H24ClN3O3/c1-14(2)25(13-19(23)26)21(28)18(12-15-6-4-3-5-7-15)24-20(27)16-8-10-17(22)11-9-16/h3-11,14,18H,12-13H2,1-2H3,(H2,23,26)(H,24,27). The predicted molar refractivity (Wildman–Crippen MR) is 109 cm³/mol. The van der Waals surface area contributed by atoms with Crippen LogP contribution < -0.4 is 11.1 Å². The van der Waals surface area contributed by atoms with Crippen molar-refractivity contribution in [2.24, 2.45) is 5.73 Å². The van der Waals surface area contributed by atoms with E-state index in [-0.39, 0.29) is 18.5 Å². The quantitative estimate of drug-likeness (QED) is 0.711. The Morgan fingerprint density at radius 3 is 2.18 bits per heavy atom. The van der Waals surface area contributed by atoms with Gasteiger partial charge in [0.1, 0.15) is 6.04 Å². The second-order valence-electron chi connectivity index (χ2n) is 6.75. The molecule has 0 aliphatic heterocycles. The van der Waals surface area contributed by atoms with Crippen LogP contribution in [0.2, 0.25) is 5.02 Å². The molecule has 0 heterocycles. The molecule has 0 aromatic heterocycles. The van der Waals surface area contributed by atoms with Gasteiger partial charge in [-0.3, -0.25) is 14.4 Å². The van der Waals surface area contributed by atoms with E-state index in [9.17, 15) is 14.4 Å². The number of carbonyl (C=O) groups is 3. The molecule has 7 heteroatoms. The van der Waals surface area contributed by atoms with Crippen LogP contribution in [0.3, 0.4) is 0 Å². The monoisotopic (exact) mass is 401 g/mol. The number of benzene rings is 2. The summed E-state index contributed by atoms with van der Waals surface area (Å²) in [6.45, 7) is 3.38. The normalized spacial score (nSPS) is 11.7. The highest BCUT2D eigenvalue weighted by Gasteiger charge is 2.29. The summed E-state index contributed by atoms with van der Waals surface area (Å²) in [5.41, 5.74) is 6.57. The van der Waals surface area contributed by atoms with Crippen LogP contribution in [0.5, 0.6) is 0 Å². The Hall–Kier alpha value is -2.86. The van der Waals surface area contributed by atoms with Gasteiger partial charge in [-0.25, -0.2) is 0 Å². The summed E-state index contributed by atoms with van der Waals surface area (Å²) < 4.78 is 0. The summed E-state index contributed by atoms with van der Waals surface area (Å²) in [7, 11) is 0. The zero-order chi connectivity index (χ0) is 20.7. The molecule has 0 radical (unpaired) electrons. The van der Waals surface area contributed by atoms with E-state index in [0.717, 1.165) is 5.56 Å². The molecule has 28 heavy (non-hydrogen) atoms. The van der Waals surface area contributed by atoms with Crippen molar-refractivity contribution in [3.05, 3.63) is 70.7 Å². The van der Waals surface area contributed by atoms with Crippen LogP contribution in [0.4, 0.5) is 0 Å². The number of nitrogens with zero attached hydrogens (tertiary/aromatic N) is 1. The van der Waals surface area contributed by atoms with Gasteiger partial charge >= 0.3 is 0 Å². The van der Waals surface area contributed by atoms with E-state index >= 15 is 0 Å². The molecule has 1 atom stereocenters. The minimum absolute atomic E-state index is 0.210. The molecule has 0 saturated heterocycles. The molecule has 3 N–H and O–H groups in total. The van der Waals surface area contributed by atoms with E-state index in [1.54, 1.807) is 38.1 Å². The number of halogens is 1. The zero-order valence-electron chi connectivity index (χ0n) is 15.9. The third-order valence-corrected chi connectivity index (χ3v) is 4.48. The highest BCUT2D eigenvalue weighted by Crippen LogP contribution is 2.12. The van der Waals surface area contributed by atoms with Crippen molar-refractivity contribution in [1.82, 2.24) is 10.2 Å². The van der Waals surface area contributed by atoms with Gasteiger partial charge in [0.15, 0.2) is 0 Å². The molecule has 0 saturated carbocycles. The Morgan fingerprint density at radius 1 is 1.04 bits per heavy atom. The minimum Gasteiger partial charge on any atom is -0.368 e. The maximum atomic E-state index is 13.1. The first kappa shape index (κ1) is 21.4. The van der Waals surface area contributed by atoms with Crippen LogP contribution in [0.1, 0.15) is 29.8 Å². The predicted octanol–water partition coefficient (Wildman–Crippen LogP) is 2.40. The van der Waals surface area contributed by atoms with Gasteiger partial charge in [0.2, 0.25) is 11.8 Å². The van der Waals surface area contributed by atoms with Crippen LogP contribution >= 0.6 is 11.6 Å². The molecule has 2 rings (SSSR count). The molecule has 0 aliphatic rings. The Kier molecular flexibility index (Phi) is 7.58. The second-order valence-corrected chi connectivity index (χ2v) is 7.19. The summed E-state index contributed by atoms with van der Waals surface area (Å²) in [5.74, 6) is -1.36. The first-order valence-electron chi connectivity index (χ1n) is 8.97. The Labute approximate surface area is 169 Å². The molecule has 148 valence electrons. The first-order valence-corrected chi connectivity index (χ1v) is 9.35. The van der Waals surface area contributed by atoms with Crippen LogP contribution in [0.15, 0.2) is 54.6 Å². The molecule has 6 nitrogen and oxygen atoms in total. The van der Waals surface area contributed by atoms with Gasteiger partial charge in [-0.2, -0.15) is 0 Å². The van der Waals surface area contributed by atoms with E-state index < -0.39 is 17.9 Å². The molecule has 1 unspecified atom stereocenters. The van der Waals surface area contributed by atoms with E-state index in [0.29, 0.717) is 17.0 Å². The van der Waals surface area contributed by atoms with Crippen molar-refractivity contribution < 1.29 is 14.4 Å². The van der Waals surface area contributed by atoms with Gasteiger partial charge in [0.05, 0.1) is 6.54 Å². The van der Waals surface area contributed by atoms with E-state index in [4.69, 9.17) is 17.3 Å². The SMILES string of the molecule is CC(C)N(CC(N)=O)C(=O)C(Cc1ccccc1)NC(=O)c1ccc(Cl)cc1. The van der Waals surface area contributed by atoms with Crippen molar-refractivity contribution in [2.45, 2.75) is 32.4 Å². The maximum Gasteiger partial charge on any atom is 0.251 e. The molecule has 0 aliphatic carbocycles. The van der Waals surface area contributed by atoms with Crippen molar-refractivity contribution >= 4 is 29.3 Å². The van der Waals surface area contributed by atoms with Gasteiger partial charge < -0.3 is 16.0 Å². The smallest absolute Gasteiger partial charge is 0.251 e. The Bertz CT molecular complexity index is 823. The lowest BCUT2D eigenvalue weighted by atomic mass is 10.0. The van der Waals surface area contributed by atoms with Crippen molar-refractivity contribution in [3.8, 4) is 0 Å². The van der Waals surface area contributed by atoms with Crippen molar-refractivity contribution in [2.75, 3.05) is 6.54 Å². The Morgan fingerprint density at radius 2 is 1.64 bits per heavy atom. The summed E-state index contributed by atoms with van der Waals surface area (Å²) in [6.07, 6.45) is 0.293. The highest BCUT2D eigenvalue weighted by atomic mass is 35.5. The molecular weight excluding hydrogens is 378 g/mol. The lowest BCUT2D eigenvalue weighted by molar-refractivity contribution is -0.138. The maximum absolute atomic E-state index is 13.1. The number of primary amides is 1. The number of carbonyl (C=O) groups excluding carboxylic acids is 3. The average molecular weight is 402 g/mol. The van der Waals surface area contributed by atoms with Gasteiger partial charge in [-0.05, 0) is 43.7 Å². The molecule has 0 bridgehead atoms. The number of hydrogen-bond acceptors (Lipinski definition) is 3. The largest absolute Gasteiger partial charge is 0.368 e. The fraction of sp³-hybridized carbons (Fsp3) is 0.286. The summed E-state index contributed by atoms with van der Waals surface area (Å²) >= 11 is 5.87. The third kappa shape index (κ3) is 6.09. The van der Waals surface area contributed by atoms with Gasteiger partial charge in [-0.1, -0.05) is 41.9 Å². The topological polar surface area (TPSA) is 92.5 Å². The van der Waals surface area contributed by atoms with E-state index in [2.05, 4.69) is 5.32 Å². The lowest BCUT2D eigenvalue weighted by Crippen LogP contribution is -2.53. The minimum atomic E-state index is -0.840. The van der Waals surface area contributed by atoms with Gasteiger partial charge in [-0.15, -0.1) is 0 Å². The van der Waals surface area contributed by atoms with E-state index in [1.165, 1.54) is 4.90 Å². The average Bonchev–Trinajstić information content (AvgIpc) is 2.66. The van der Waals surface area contributed by atoms with Crippen LogP contribution in [0, 0.1) is 0 Å². The first-order chi connectivity index (χ1) is 13.3. The van der Waals surface area contributed by atoms with Crippen LogP contribution in [-0.4, -0.2) is 41.2 Å². The molecule has 3 amide bonds. The molecular formula is C21H24ClN3O3. The number of amides is 3. The van der Waals surface area contributed by atoms with E-state index in [1.807, 2.05) is 30.3 Å². The number of nitrogens with two attached hydrogens (primary N) is 1. The Balaban J connectivity index is 2.27. The molecule has 0 fully saturated rings. The van der Waals surface area contributed by atoms with Crippen molar-refractivity contribution in [1.29, 1.82) is 0 Å². The number of nitrogens with one attached hydrogen (secondary N) is 1. The third-order valence-electron chi connectivity index (χ3n) is 4.23. The van der Waals surface area contributed by atoms with Gasteiger partial charge in [0, 0.05) is 23.0 Å². The number of rotatable bonds is 8. The second kappa shape index (κ2) is 9.90. The van der Waals surface area contributed by atoms with Crippen LogP contribution in [-0.2, 0) is 16.0 Å². The summed E-state index contributed by atoms with van der Waals surface area (Å²) in [4.78, 5) is 38.6. The summed E-state index contributed by atoms with van der Waals surface area (Å²) in [5, 5.41) is 3.30. The highest BCUT2D eigenvalue weighted by molar-refractivity contribution is 6.30. The molecule has 2 aromatic rings. The zero-order valence-corrected chi connectivity index (χ0v) is 16.6.